The molecular weight excluding hydrogens is 400 g/mol. The highest BCUT2D eigenvalue weighted by atomic mass is 16.5. The lowest BCUT2D eigenvalue weighted by Gasteiger charge is -2.47. The van der Waals surface area contributed by atoms with Gasteiger partial charge in [0, 0.05) is 25.2 Å². The number of hydrogen-bond acceptors (Lipinski definition) is 7. The van der Waals surface area contributed by atoms with E-state index in [4.69, 9.17) is 4.74 Å². The average molecular weight is 439 g/mol. The number of aliphatic hydroxyl groups is 2. The Morgan fingerprint density at radius 1 is 1.16 bits per heavy atom. The van der Waals surface area contributed by atoms with Crippen molar-refractivity contribution >= 4 is 17.7 Å². The lowest BCUT2D eigenvalue weighted by Crippen LogP contribution is -2.47. The summed E-state index contributed by atoms with van der Waals surface area (Å²) < 4.78 is 10.4. The fraction of sp³-hybridized carbons (Fsp3) is 0.792. The number of fused-ring (bicyclic) bond motifs is 1. The van der Waals surface area contributed by atoms with Gasteiger partial charge in [-0.25, -0.2) is 0 Å². The van der Waals surface area contributed by atoms with Crippen LogP contribution in [0.15, 0.2) is 12.2 Å². The number of rotatable bonds is 10. The molecule has 7 nitrogen and oxygen atoms in total. The van der Waals surface area contributed by atoms with E-state index < -0.39 is 18.2 Å². The predicted molar refractivity (Wildman–Crippen MR) is 115 cm³/mol. The van der Waals surface area contributed by atoms with Gasteiger partial charge in [0.05, 0.1) is 31.7 Å². The normalized spacial score (nSPS) is 31.9. The molecule has 8 atom stereocenters. The fourth-order valence-corrected chi connectivity index (χ4v) is 4.93. The Morgan fingerprint density at radius 2 is 1.87 bits per heavy atom. The second-order valence-electron chi connectivity index (χ2n) is 9.27. The first-order valence-electron chi connectivity index (χ1n) is 11.5. The van der Waals surface area contributed by atoms with Crippen LogP contribution in [0.3, 0.4) is 0 Å². The summed E-state index contributed by atoms with van der Waals surface area (Å²) in [5.74, 6) is -0.537. The summed E-state index contributed by atoms with van der Waals surface area (Å²) in [6.45, 7) is 5.89. The Kier molecular flexibility index (Phi) is 9.69. The summed E-state index contributed by atoms with van der Waals surface area (Å²) in [4.78, 5) is 36.2. The smallest absolute Gasteiger partial charge is 0.308 e. The molecule has 0 aliphatic heterocycles. The van der Waals surface area contributed by atoms with Gasteiger partial charge >= 0.3 is 11.9 Å². The Labute approximate surface area is 185 Å². The Hall–Kier alpha value is -1.73. The first kappa shape index (κ1) is 25.5. The zero-order chi connectivity index (χ0) is 23.1. The molecule has 31 heavy (non-hydrogen) atoms. The van der Waals surface area contributed by atoms with Gasteiger partial charge in [0.25, 0.3) is 0 Å². The van der Waals surface area contributed by atoms with E-state index in [-0.39, 0.29) is 60.3 Å². The van der Waals surface area contributed by atoms with Gasteiger partial charge in [-0.1, -0.05) is 32.9 Å². The van der Waals surface area contributed by atoms with Crippen molar-refractivity contribution in [1.29, 1.82) is 0 Å². The SMILES string of the molecule is CC[C@H](C)C(=O)OC1C[C@H](O)CC2C=C[C@H](C)[C@H](CCC(=O)C[C@@H](O)CC(=O)OC)C21. The number of methoxy groups -OCH3 is 1. The van der Waals surface area contributed by atoms with E-state index in [0.29, 0.717) is 32.1 Å². The first-order chi connectivity index (χ1) is 14.7. The van der Waals surface area contributed by atoms with Crippen molar-refractivity contribution in [3.8, 4) is 0 Å². The molecule has 1 saturated carbocycles. The summed E-state index contributed by atoms with van der Waals surface area (Å²) in [6, 6.07) is 0. The van der Waals surface area contributed by atoms with Gasteiger partial charge in [-0.05, 0) is 37.0 Å². The maximum absolute atomic E-state index is 12.5. The van der Waals surface area contributed by atoms with Crippen molar-refractivity contribution in [3.05, 3.63) is 12.2 Å². The number of carbonyl (C=O) groups excluding carboxylic acids is 3. The maximum Gasteiger partial charge on any atom is 0.308 e. The van der Waals surface area contributed by atoms with E-state index in [1.165, 1.54) is 7.11 Å². The highest BCUT2D eigenvalue weighted by Gasteiger charge is 2.45. The van der Waals surface area contributed by atoms with Crippen LogP contribution >= 0.6 is 0 Å². The summed E-state index contributed by atoms with van der Waals surface area (Å²) in [5.41, 5.74) is 0. The minimum absolute atomic E-state index is 0.0594. The van der Waals surface area contributed by atoms with Gasteiger partial charge in [-0.3, -0.25) is 14.4 Å². The number of aliphatic hydroxyl groups excluding tert-OH is 2. The lowest BCUT2D eigenvalue weighted by molar-refractivity contribution is -0.166. The topological polar surface area (TPSA) is 110 Å². The molecule has 1 fully saturated rings. The van der Waals surface area contributed by atoms with Gasteiger partial charge in [0.1, 0.15) is 11.9 Å². The van der Waals surface area contributed by atoms with Crippen molar-refractivity contribution < 1.29 is 34.1 Å². The molecule has 2 rings (SSSR count). The quantitative estimate of drug-likeness (QED) is 0.399. The second kappa shape index (κ2) is 11.8. The largest absolute Gasteiger partial charge is 0.469 e. The van der Waals surface area contributed by atoms with Gasteiger partial charge in [0.2, 0.25) is 0 Å². The zero-order valence-corrected chi connectivity index (χ0v) is 19.2. The lowest BCUT2D eigenvalue weighted by atomic mass is 9.62. The molecule has 3 unspecified atom stereocenters. The number of ether oxygens (including phenoxy) is 2. The van der Waals surface area contributed by atoms with Crippen molar-refractivity contribution in [1.82, 2.24) is 0 Å². The van der Waals surface area contributed by atoms with Gasteiger partial charge in [-0.15, -0.1) is 0 Å². The fourth-order valence-electron chi connectivity index (χ4n) is 4.93. The highest BCUT2D eigenvalue weighted by Crippen LogP contribution is 2.46. The number of esters is 2. The van der Waals surface area contributed by atoms with E-state index in [0.717, 1.165) is 0 Å². The molecule has 2 aliphatic carbocycles. The standard InChI is InChI=1S/C24H38O7/c1-5-14(2)24(29)31-21-12-18(26)10-16-7-6-15(3)20(23(16)21)9-8-17(25)11-19(27)13-22(28)30-4/h6-7,14-16,18-21,23,26-27H,5,8-13H2,1-4H3/t14-,15-,16?,18+,19+,20-,21?,23?/m0/s1. The maximum atomic E-state index is 12.5. The third-order valence-corrected chi connectivity index (χ3v) is 6.94. The summed E-state index contributed by atoms with van der Waals surface area (Å²) in [6.07, 6.45) is 4.73. The molecule has 7 heteroatoms. The third-order valence-electron chi connectivity index (χ3n) is 6.94. The second-order valence-corrected chi connectivity index (χ2v) is 9.27. The number of carbonyl (C=O) groups is 3. The zero-order valence-electron chi connectivity index (χ0n) is 19.2. The van der Waals surface area contributed by atoms with Crippen molar-refractivity contribution in [3.63, 3.8) is 0 Å². The Balaban J connectivity index is 2.05. The Morgan fingerprint density at radius 3 is 2.52 bits per heavy atom. The number of Topliss-reactive ketones (excluding diaryl/α,β-unsaturated/α-hetero) is 1. The highest BCUT2D eigenvalue weighted by molar-refractivity contribution is 5.80. The van der Waals surface area contributed by atoms with Crippen molar-refractivity contribution in [2.24, 2.45) is 29.6 Å². The third kappa shape index (κ3) is 7.14. The van der Waals surface area contributed by atoms with Crippen LogP contribution in [0.25, 0.3) is 0 Å². The predicted octanol–water partition coefficient (Wildman–Crippen LogP) is 2.82. The number of allylic oxidation sites excluding steroid dienone is 2. The molecule has 0 amide bonds. The van der Waals surface area contributed by atoms with Gasteiger partial charge in [-0.2, -0.15) is 0 Å². The molecule has 2 N–H and O–H groups in total. The molecular formula is C24H38O7. The van der Waals surface area contributed by atoms with Gasteiger partial charge in [0.15, 0.2) is 0 Å². The minimum Gasteiger partial charge on any atom is -0.469 e. The van der Waals surface area contributed by atoms with E-state index in [1.807, 2.05) is 13.8 Å². The molecule has 176 valence electrons. The van der Waals surface area contributed by atoms with Crippen molar-refractivity contribution in [2.45, 2.75) is 84.0 Å². The average Bonchev–Trinajstić information content (AvgIpc) is 2.72. The van der Waals surface area contributed by atoms with E-state index in [2.05, 4.69) is 23.8 Å². The molecule has 0 aromatic rings. The van der Waals surface area contributed by atoms with E-state index in [1.54, 1.807) is 0 Å². The Bertz CT molecular complexity index is 658. The molecule has 0 aromatic carbocycles. The summed E-state index contributed by atoms with van der Waals surface area (Å²) >= 11 is 0. The molecule has 0 spiro atoms. The van der Waals surface area contributed by atoms with E-state index >= 15 is 0 Å². The summed E-state index contributed by atoms with van der Waals surface area (Å²) in [7, 11) is 1.25. The van der Waals surface area contributed by atoms with Crippen LogP contribution in [-0.2, 0) is 23.9 Å². The number of hydrogen-bond donors (Lipinski definition) is 2. The molecule has 0 radical (unpaired) electrons. The van der Waals surface area contributed by atoms with E-state index in [9.17, 15) is 24.6 Å². The summed E-state index contributed by atoms with van der Waals surface area (Å²) in [5, 5.41) is 20.3. The van der Waals surface area contributed by atoms with Crippen LogP contribution in [-0.4, -0.2) is 53.4 Å². The molecule has 2 aliphatic rings. The van der Waals surface area contributed by atoms with Gasteiger partial charge < -0.3 is 19.7 Å². The van der Waals surface area contributed by atoms with Crippen LogP contribution in [0.2, 0.25) is 0 Å². The van der Waals surface area contributed by atoms with Crippen LogP contribution < -0.4 is 0 Å². The van der Waals surface area contributed by atoms with Crippen LogP contribution in [0.5, 0.6) is 0 Å². The molecule has 0 heterocycles. The van der Waals surface area contributed by atoms with Crippen LogP contribution in [0.4, 0.5) is 0 Å². The number of ketones is 1. The minimum atomic E-state index is -1.04. The molecule has 0 saturated heterocycles. The van der Waals surface area contributed by atoms with Crippen LogP contribution in [0, 0.1) is 29.6 Å². The van der Waals surface area contributed by atoms with Crippen molar-refractivity contribution in [2.75, 3.05) is 7.11 Å². The molecule has 0 bridgehead atoms. The first-order valence-corrected chi connectivity index (χ1v) is 11.5. The van der Waals surface area contributed by atoms with Crippen LogP contribution in [0.1, 0.15) is 65.7 Å². The monoisotopic (exact) mass is 438 g/mol. The molecule has 0 aromatic heterocycles.